The Morgan fingerprint density at radius 2 is 2.00 bits per heavy atom. The van der Waals surface area contributed by atoms with Crippen molar-refractivity contribution in [3.8, 4) is 0 Å². The van der Waals surface area contributed by atoms with Gasteiger partial charge in [0.05, 0.1) is 12.4 Å². The van der Waals surface area contributed by atoms with Crippen LogP contribution in [0.2, 0.25) is 0 Å². The first kappa shape index (κ1) is 15.8. The zero-order valence-corrected chi connectivity index (χ0v) is 11.5. The Hall–Kier alpha value is -0.170. The predicted octanol–water partition coefficient (Wildman–Crippen LogP) is -0.413. The van der Waals surface area contributed by atoms with Crippen molar-refractivity contribution in [1.82, 2.24) is 10.2 Å². The van der Waals surface area contributed by atoms with Crippen molar-refractivity contribution in [3.05, 3.63) is 0 Å². The van der Waals surface area contributed by atoms with Gasteiger partial charge in [0.15, 0.2) is 0 Å². The Balaban J connectivity index is 3.58. The molecule has 0 saturated heterocycles. The van der Waals surface area contributed by atoms with E-state index in [1.54, 1.807) is 7.11 Å². The molecule has 0 heterocycles. The Morgan fingerprint density at radius 3 is 2.50 bits per heavy atom. The normalized spacial score (nSPS) is 14.3. The number of rotatable bonds is 9. The molecule has 1 atom stereocenters. The predicted molar refractivity (Wildman–Crippen MR) is 66.5 cm³/mol. The molecule has 0 aromatic heterocycles. The molecule has 0 aromatic carbocycles. The quantitative estimate of drug-likeness (QED) is 0.604. The highest BCUT2D eigenvalue weighted by Crippen LogP contribution is 1.90. The summed E-state index contributed by atoms with van der Waals surface area (Å²) < 4.78 is 27.0. The van der Waals surface area contributed by atoms with E-state index in [0.29, 0.717) is 0 Å². The largest absolute Gasteiger partial charge is 0.383 e. The fourth-order valence-electron chi connectivity index (χ4n) is 1.37. The number of hydrogen-bond acceptors (Lipinski definition) is 5. The van der Waals surface area contributed by atoms with Gasteiger partial charge in [0, 0.05) is 39.0 Å². The van der Waals surface area contributed by atoms with E-state index >= 15 is 0 Å². The van der Waals surface area contributed by atoms with Crippen LogP contribution in [-0.4, -0.2) is 71.8 Å². The molecule has 0 radical (unpaired) electrons. The van der Waals surface area contributed by atoms with Gasteiger partial charge in [0.1, 0.15) is 9.84 Å². The Labute approximate surface area is 99.1 Å². The first-order chi connectivity index (χ1) is 7.35. The fraction of sp³-hybridized carbons (Fsp3) is 1.00. The lowest BCUT2D eigenvalue weighted by atomic mass is 10.4. The monoisotopic (exact) mass is 252 g/mol. The van der Waals surface area contributed by atoms with Crippen LogP contribution < -0.4 is 5.32 Å². The average molecular weight is 252 g/mol. The minimum absolute atomic E-state index is 0.00539. The van der Waals surface area contributed by atoms with Crippen LogP contribution in [0.25, 0.3) is 0 Å². The lowest BCUT2D eigenvalue weighted by molar-refractivity contribution is 0.161. The van der Waals surface area contributed by atoms with E-state index in [-0.39, 0.29) is 11.8 Å². The second-order valence-electron chi connectivity index (χ2n) is 4.24. The summed E-state index contributed by atoms with van der Waals surface area (Å²) >= 11 is 0. The molecule has 0 aliphatic rings. The lowest BCUT2D eigenvalue weighted by Gasteiger charge is -2.18. The van der Waals surface area contributed by atoms with Crippen molar-refractivity contribution >= 4 is 9.84 Å². The van der Waals surface area contributed by atoms with E-state index < -0.39 is 9.84 Å². The highest BCUT2D eigenvalue weighted by atomic mass is 32.2. The topological polar surface area (TPSA) is 58.6 Å². The summed E-state index contributed by atoms with van der Waals surface area (Å²) in [6.45, 7) is 5.17. The van der Waals surface area contributed by atoms with Gasteiger partial charge in [-0.1, -0.05) is 0 Å². The van der Waals surface area contributed by atoms with Gasteiger partial charge in [-0.15, -0.1) is 0 Å². The molecule has 6 heteroatoms. The molecular formula is C10H24N2O3S. The third-order valence-corrected chi connectivity index (χ3v) is 3.32. The summed E-state index contributed by atoms with van der Waals surface area (Å²) in [4.78, 5) is 2.14. The highest BCUT2D eigenvalue weighted by molar-refractivity contribution is 7.90. The summed E-state index contributed by atoms with van der Waals surface area (Å²) in [6.07, 6.45) is 1.26. The number of likely N-dealkylation sites (N-methyl/N-ethyl adjacent to an activating group) is 1. The average Bonchev–Trinajstić information content (AvgIpc) is 2.11. The molecule has 16 heavy (non-hydrogen) atoms. The summed E-state index contributed by atoms with van der Waals surface area (Å²) in [5.74, 6) is 0.189. The standard InChI is InChI=1S/C10H24N2O3S/c1-10(9-16(4,13)14)11-5-6-12(2)7-8-15-3/h10-11H,5-9H2,1-4H3. The number of sulfone groups is 1. The van der Waals surface area contributed by atoms with Crippen LogP contribution in [0, 0.1) is 0 Å². The summed E-state index contributed by atoms with van der Waals surface area (Å²) in [5.41, 5.74) is 0. The Morgan fingerprint density at radius 1 is 1.38 bits per heavy atom. The number of nitrogens with one attached hydrogen (secondary N) is 1. The summed E-state index contributed by atoms with van der Waals surface area (Å²) in [7, 11) is 0.812. The molecule has 0 amide bonds. The van der Waals surface area contributed by atoms with Crippen LogP contribution in [0.15, 0.2) is 0 Å². The highest BCUT2D eigenvalue weighted by Gasteiger charge is 2.09. The van der Waals surface area contributed by atoms with E-state index in [1.165, 1.54) is 6.26 Å². The molecule has 1 N–H and O–H groups in total. The zero-order chi connectivity index (χ0) is 12.6. The Kier molecular flexibility index (Phi) is 7.91. The van der Waals surface area contributed by atoms with Crippen molar-refractivity contribution in [2.45, 2.75) is 13.0 Å². The van der Waals surface area contributed by atoms with Gasteiger partial charge in [-0.05, 0) is 14.0 Å². The van der Waals surface area contributed by atoms with Crippen LogP contribution in [0.4, 0.5) is 0 Å². The molecule has 0 rings (SSSR count). The van der Waals surface area contributed by atoms with E-state index in [2.05, 4.69) is 10.2 Å². The van der Waals surface area contributed by atoms with Crippen molar-refractivity contribution in [3.63, 3.8) is 0 Å². The van der Waals surface area contributed by atoms with E-state index in [4.69, 9.17) is 4.74 Å². The molecule has 0 spiro atoms. The zero-order valence-electron chi connectivity index (χ0n) is 10.7. The number of hydrogen-bond donors (Lipinski definition) is 1. The summed E-state index contributed by atoms with van der Waals surface area (Å²) in [6, 6.07) is 0.00539. The maximum Gasteiger partial charge on any atom is 0.148 e. The van der Waals surface area contributed by atoms with Crippen LogP contribution in [0.5, 0.6) is 0 Å². The number of ether oxygens (including phenoxy) is 1. The lowest BCUT2D eigenvalue weighted by Crippen LogP contribution is -2.38. The summed E-state index contributed by atoms with van der Waals surface area (Å²) in [5, 5.41) is 3.18. The SMILES string of the molecule is COCCN(C)CCNC(C)CS(C)(=O)=O. The second-order valence-corrected chi connectivity index (χ2v) is 6.43. The van der Waals surface area contributed by atoms with Gasteiger partial charge >= 0.3 is 0 Å². The van der Waals surface area contributed by atoms with Crippen LogP contribution in [0.1, 0.15) is 6.92 Å². The number of nitrogens with zero attached hydrogens (tertiary/aromatic N) is 1. The maximum absolute atomic E-state index is 11.0. The molecule has 98 valence electrons. The minimum Gasteiger partial charge on any atom is -0.383 e. The fourth-order valence-corrected chi connectivity index (χ4v) is 2.40. The van der Waals surface area contributed by atoms with Gasteiger partial charge in [0.2, 0.25) is 0 Å². The van der Waals surface area contributed by atoms with E-state index in [1.807, 2.05) is 14.0 Å². The van der Waals surface area contributed by atoms with E-state index in [0.717, 1.165) is 26.2 Å². The smallest absolute Gasteiger partial charge is 0.148 e. The molecule has 0 fully saturated rings. The Bertz CT molecular complexity index is 267. The van der Waals surface area contributed by atoms with Crippen LogP contribution in [0.3, 0.4) is 0 Å². The van der Waals surface area contributed by atoms with Crippen molar-refractivity contribution in [2.24, 2.45) is 0 Å². The van der Waals surface area contributed by atoms with Crippen LogP contribution >= 0.6 is 0 Å². The van der Waals surface area contributed by atoms with Gasteiger partial charge < -0.3 is 15.0 Å². The molecule has 0 saturated carbocycles. The molecule has 0 aliphatic carbocycles. The van der Waals surface area contributed by atoms with Gasteiger partial charge in [-0.25, -0.2) is 8.42 Å². The van der Waals surface area contributed by atoms with Gasteiger partial charge in [-0.2, -0.15) is 0 Å². The van der Waals surface area contributed by atoms with Crippen molar-refractivity contribution < 1.29 is 13.2 Å². The second kappa shape index (κ2) is 8.00. The van der Waals surface area contributed by atoms with Gasteiger partial charge in [-0.3, -0.25) is 0 Å². The minimum atomic E-state index is -2.88. The third kappa shape index (κ3) is 10.4. The first-order valence-corrected chi connectivity index (χ1v) is 7.50. The van der Waals surface area contributed by atoms with Gasteiger partial charge in [0.25, 0.3) is 0 Å². The maximum atomic E-state index is 11.0. The third-order valence-electron chi connectivity index (χ3n) is 2.22. The molecule has 1 unspecified atom stereocenters. The van der Waals surface area contributed by atoms with Crippen LogP contribution in [-0.2, 0) is 14.6 Å². The van der Waals surface area contributed by atoms with Crippen molar-refractivity contribution in [1.29, 1.82) is 0 Å². The first-order valence-electron chi connectivity index (χ1n) is 5.43. The van der Waals surface area contributed by atoms with Crippen molar-refractivity contribution in [2.75, 3.05) is 52.4 Å². The number of methoxy groups -OCH3 is 1. The van der Waals surface area contributed by atoms with E-state index in [9.17, 15) is 8.42 Å². The molecule has 0 aromatic rings. The molecule has 0 aliphatic heterocycles. The molecular weight excluding hydrogens is 228 g/mol. The molecule has 5 nitrogen and oxygen atoms in total. The molecule has 0 bridgehead atoms.